The Morgan fingerprint density at radius 2 is 2.14 bits per heavy atom. The fourth-order valence-corrected chi connectivity index (χ4v) is 2.73. The van der Waals surface area contributed by atoms with E-state index in [-0.39, 0.29) is 11.7 Å². The van der Waals surface area contributed by atoms with Crippen molar-refractivity contribution in [2.75, 3.05) is 26.7 Å². The second-order valence-electron chi connectivity index (χ2n) is 5.35. The van der Waals surface area contributed by atoms with Gasteiger partial charge in [-0.2, -0.15) is 0 Å². The Kier molecular flexibility index (Phi) is 5.85. The van der Waals surface area contributed by atoms with Crippen molar-refractivity contribution in [2.45, 2.75) is 25.4 Å². The smallest absolute Gasteiger partial charge is 0.233 e. The minimum absolute atomic E-state index is 0.0604. The molecule has 0 aliphatic carbocycles. The number of rotatable bonds is 5. The van der Waals surface area contributed by atoms with Crippen LogP contribution in [0.5, 0.6) is 5.75 Å². The Balaban J connectivity index is 1.76. The lowest BCUT2D eigenvalue weighted by Gasteiger charge is -2.31. The first kappa shape index (κ1) is 16.1. The molecule has 21 heavy (non-hydrogen) atoms. The van der Waals surface area contributed by atoms with Crippen LogP contribution in [0.1, 0.15) is 18.4 Å². The molecule has 2 rings (SSSR count). The number of hydrogen-bond acceptors (Lipinski definition) is 4. The SMILES string of the molecule is CNC(=O)CN1CCC(NCc2cccc(Cl)c2O)CC1. The van der Waals surface area contributed by atoms with Crippen LogP contribution in [0.25, 0.3) is 0 Å². The molecule has 0 saturated carbocycles. The Labute approximate surface area is 130 Å². The van der Waals surface area contributed by atoms with Gasteiger partial charge < -0.3 is 15.7 Å². The zero-order valence-corrected chi connectivity index (χ0v) is 13.0. The first-order chi connectivity index (χ1) is 10.1. The monoisotopic (exact) mass is 311 g/mol. The maximum atomic E-state index is 11.3. The van der Waals surface area contributed by atoms with Gasteiger partial charge in [-0.25, -0.2) is 0 Å². The second-order valence-corrected chi connectivity index (χ2v) is 5.76. The molecule has 1 fully saturated rings. The van der Waals surface area contributed by atoms with Gasteiger partial charge >= 0.3 is 0 Å². The third-order valence-electron chi connectivity index (χ3n) is 3.89. The molecule has 1 aliphatic heterocycles. The summed E-state index contributed by atoms with van der Waals surface area (Å²) < 4.78 is 0. The molecule has 1 saturated heterocycles. The standard InChI is InChI=1S/C15H22ClN3O2/c1-17-14(20)10-19-7-5-12(6-8-19)18-9-11-3-2-4-13(16)15(11)21/h2-4,12,18,21H,5-10H2,1H3,(H,17,20). The van der Waals surface area contributed by atoms with Crippen molar-refractivity contribution in [3.8, 4) is 5.75 Å². The Morgan fingerprint density at radius 3 is 2.81 bits per heavy atom. The lowest BCUT2D eigenvalue weighted by atomic mass is 10.0. The maximum absolute atomic E-state index is 11.3. The Hall–Kier alpha value is -1.30. The number of aromatic hydroxyl groups is 1. The third kappa shape index (κ3) is 4.59. The molecule has 0 spiro atoms. The molecule has 1 aliphatic rings. The van der Waals surface area contributed by atoms with E-state index in [1.165, 1.54) is 0 Å². The highest BCUT2D eigenvalue weighted by atomic mass is 35.5. The molecule has 116 valence electrons. The van der Waals surface area contributed by atoms with Crippen LogP contribution in [0.3, 0.4) is 0 Å². The Bertz CT molecular complexity index is 488. The van der Waals surface area contributed by atoms with Gasteiger partial charge in [0.2, 0.25) is 5.91 Å². The highest BCUT2D eigenvalue weighted by molar-refractivity contribution is 6.32. The van der Waals surface area contributed by atoms with Crippen molar-refractivity contribution in [3.05, 3.63) is 28.8 Å². The van der Waals surface area contributed by atoms with E-state index >= 15 is 0 Å². The van der Waals surface area contributed by atoms with Gasteiger partial charge in [-0.3, -0.25) is 9.69 Å². The molecule has 6 heteroatoms. The summed E-state index contributed by atoms with van der Waals surface area (Å²) in [4.78, 5) is 13.5. The van der Waals surface area contributed by atoms with Crippen LogP contribution in [0.2, 0.25) is 5.02 Å². The average Bonchev–Trinajstić information content (AvgIpc) is 2.50. The van der Waals surface area contributed by atoms with E-state index in [4.69, 9.17) is 11.6 Å². The maximum Gasteiger partial charge on any atom is 0.233 e. The van der Waals surface area contributed by atoms with Crippen LogP contribution >= 0.6 is 11.6 Å². The largest absolute Gasteiger partial charge is 0.506 e. The zero-order chi connectivity index (χ0) is 15.2. The predicted molar refractivity (Wildman–Crippen MR) is 83.5 cm³/mol. The van der Waals surface area contributed by atoms with Gasteiger partial charge in [0, 0.05) is 38.3 Å². The number of likely N-dealkylation sites (tertiary alicyclic amines) is 1. The lowest BCUT2D eigenvalue weighted by Crippen LogP contribution is -2.45. The van der Waals surface area contributed by atoms with E-state index in [1.54, 1.807) is 13.1 Å². The van der Waals surface area contributed by atoms with Crippen LogP contribution in [0.4, 0.5) is 0 Å². The van der Waals surface area contributed by atoms with E-state index < -0.39 is 0 Å². The average molecular weight is 312 g/mol. The molecule has 1 aromatic carbocycles. The summed E-state index contributed by atoms with van der Waals surface area (Å²) in [6.45, 7) is 2.89. The minimum atomic E-state index is 0.0604. The van der Waals surface area contributed by atoms with E-state index in [9.17, 15) is 9.90 Å². The lowest BCUT2D eigenvalue weighted by molar-refractivity contribution is -0.122. The number of carbonyl (C=O) groups excluding carboxylic acids is 1. The molecule has 0 radical (unpaired) electrons. The molecule has 1 amide bonds. The summed E-state index contributed by atoms with van der Waals surface area (Å²) in [6.07, 6.45) is 2.00. The van der Waals surface area contributed by atoms with Crippen molar-refractivity contribution < 1.29 is 9.90 Å². The number of piperidine rings is 1. The van der Waals surface area contributed by atoms with Gasteiger partial charge in [0.15, 0.2) is 0 Å². The van der Waals surface area contributed by atoms with Gasteiger partial charge in [0.1, 0.15) is 5.75 Å². The number of carbonyl (C=O) groups is 1. The van der Waals surface area contributed by atoms with Crippen LogP contribution in [0, 0.1) is 0 Å². The van der Waals surface area contributed by atoms with E-state index in [0.29, 0.717) is 24.2 Å². The highest BCUT2D eigenvalue weighted by Crippen LogP contribution is 2.27. The number of para-hydroxylation sites is 1. The van der Waals surface area contributed by atoms with Gasteiger partial charge in [-0.05, 0) is 18.9 Å². The second kappa shape index (κ2) is 7.64. The van der Waals surface area contributed by atoms with E-state index in [0.717, 1.165) is 31.5 Å². The fraction of sp³-hybridized carbons (Fsp3) is 0.533. The van der Waals surface area contributed by atoms with Crippen LogP contribution in [-0.4, -0.2) is 48.6 Å². The van der Waals surface area contributed by atoms with Crippen molar-refractivity contribution >= 4 is 17.5 Å². The number of phenols is 1. The zero-order valence-electron chi connectivity index (χ0n) is 12.2. The topological polar surface area (TPSA) is 64.6 Å². The summed E-state index contributed by atoms with van der Waals surface area (Å²) >= 11 is 5.89. The summed E-state index contributed by atoms with van der Waals surface area (Å²) in [5.41, 5.74) is 0.815. The van der Waals surface area contributed by atoms with Gasteiger partial charge in [-0.15, -0.1) is 0 Å². The molecular formula is C15H22ClN3O2. The summed E-state index contributed by atoms with van der Waals surface area (Å²) in [6, 6.07) is 5.79. The molecule has 0 unspecified atom stereocenters. The molecular weight excluding hydrogens is 290 g/mol. The predicted octanol–water partition coefficient (Wildman–Crippen LogP) is 1.35. The summed E-state index contributed by atoms with van der Waals surface area (Å²) in [7, 11) is 1.66. The third-order valence-corrected chi connectivity index (χ3v) is 4.19. The number of benzene rings is 1. The first-order valence-electron chi connectivity index (χ1n) is 7.23. The summed E-state index contributed by atoms with van der Waals surface area (Å²) in [5.74, 6) is 0.217. The van der Waals surface area contributed by atoms with Crippen LogP contribution in [-0.2, 0) is 11.3 Å². The molecule has 5 nitrogen and oxygen atoms in total. The molecule has 1 aromatic rings. The van der Waals surface area contributed by atoms with E-state index in [1.807, 2.05) is 12.1 Å². The first-order valence-corrected chi connectivity index (χ1v) is 7.60. The van der Waals surface area contributed by atoms with Crippen LogP contribution in [0.15, 0.2) is 18.2 Å². The fourth-order valence-electron chi connectivity index (χ4n) is 2.53. The molecule has 1 heterocycles. The van der Waals surface area contributed by atoms with Crippen molar-refractivity contribution in [2.24, 2.45) is 0 Å². The molecule has 0 bridgehead atoms. The number of halogens is 1. The Morgan fingerprint density at radius 1 is 1.43 bits per heavy atom. The van der Waals surface area contributed by atoms with Gasteiger partial charge in [0.25, 0.3) is 0 Å². The van der Waals surface area contributed by atoms with Crippen molar-refractivity contribution in [3.63, 3.8) is 0 Å². The van der Waals surface area contributed by atoms with Gasteiger partial charge in [-0.1, -0.05) is 23.7 Å². The number of nitrogens with zero attached hydrogens (tertiary/aromatic N) is 1. The molecule has 0 aromatic heterocycles. The van der Waals surface area contributed by atoms with Gasteiger partial charge in [0.05, 0.1) is 11.6 Å². The minimum Gasteiger partial charge on any atom is -0.506 e. The normalized spacial score (nSPS) is 16.9. The quantitative estimate of drug-likeness (QED) is 0.768. The number of phenolic OH excluding ortho intramolecular Hbond substituents is 1. The van der Waals surface area contributed by atoms with Crippen molar-refractivity contribution in [1.29, 1.82) is 0 Å². The number of nitrogens with one attached hydrogen (secondary N) is 2. The molecule has 0 atom stereocenters. The van der Waals surface area contributed by atoms with Crippen molar-refractivity contribution in [1.82, 2.24) is 15.5 Å². The van der Waals surface area contributed by atoms with E-state index in [2.05, 4.69) is 15.5 Å². The number of hydrogen-bond donors (Lipinski definition) is 3. The van der Waals surface area contributed by atoms with Crippen LogP contribution < -0.4 is 10.6 Å². The summed E-state index contributed by atoms with van der Waals surface area (Å²) in [5, 5.41) is 16.3. The molecule has 3 N–H and O–H groups in total. The number of amides is 1. The highest BCUT2D eigenvalue weighted by Gasteiger charge is 2.20. The number of likely N-dealkylation sites (N-methyl/N-ethyl adjacent to an activating group) is 1.